The molecule has 14 heavy (non-hydrogen) atoms. The molecule has 0 bridgehead atoms. The SMILES string of the molecule is CN(C)S(C)(=O)=Nc1cnc(Cl)nc1. The van der Waals surface area contributed by atoms with Gasteiger partial charge in [0.05, 0.1) is 12.4 Å². The van der Waals surface area contributed by atoms with Crippen LogP contribution < -0.4 is 0 Å². The summed E-state index contributed by atoms with van der Waals surface area (Å²) in [6.07, 6.45) is 4.41. The van der Waals surface area contributed by atoms with Gasteiger partial charge in [-0.15, -0.1) is 0 Å². The Labute approximate surface area is 88.4 Å². The Morgan fingerprint density at radius 3 is 2.36 bits per heavy atom. The fraction of sp³-hybridized carbons (Fsp3) is 0.429. The number of hydrogen-bond acceptors (Lipinski definition) is 4. The van der Waals surface area contributed by atoms with E-state index in [0.717, 1.165) is 0 Å². The Kier molecular flexibility index (Phi) is 3.41. The monoisotopic (exact) mass is 234 g/mol. The van der Waals surface area contributed by atoms with Crippen LogP contribution in [0.4, 0.5) is 5.69 Å². The van der Waals surface area contributed by atoms with Gasteiger partial charge in [0.2, 0.25) is 5.28 Å². The molecule has 1 atom stereocenters. The van der Waals surface area contributed by atoms with E-state index >= 15 is 0 Å². The first-order valence-corrected chi connectivity index (χ1v) is 6.05. The first-order valence-electron chi connectivity index (χ1n) is 3.79. The summed E-state index contributed by atoms with van der Waals surface area (Å²) in [5.41, 5.74) is 0.454. The summed E-state index contributed by atoms with van der Waals surface area (Å²) in [6, 6.07) is 0. The lowest BCUT2D eigenvalue weighted by atomic mass is 10.6. The van der Waals surface area contributed by atoms with Crippen molar-refractivity contribution in [3.05, 3.63) is 17.7 Å². The Hall–Kier alpha value is -0.720. The number of nitrogens with zero attached hydrogens (tertiary/aromatic N) is 4. The van der Waals surface area contributed by atoms with E-state index in [9.17, 15) is 4.21 Å². The molecule has 0 fully saturated rings. The maximum atomic E-state index is 11.8. The molecule has 1 unspecified atom stereocenters. The first kappa shape index (κ1) is 11.4. The fourth-order valence-electron chi connectivity index (χ4n) is 0.630. The zero-order chi connectivity index (χ0) is 10.8. The van der Waals surface area contributed by atoms with Gasteiger partial charge in [-0.2, -0.15) is 4.36 Å². The molecule has 0 saturated heterocycles. The Balaban J connectivity index is 3.10. The maximum Gasteiger partial charge on any atom is 0.222 e. The zero-order valence-electron chi connectivity index (χ0n) is 8.14. The minimum Gasteiger partial charge on any atom is -0.234 e. The summed E-state index contributed by atoms with van der Waals surface area (Å²) in [6.45, 7) is 0. The lowest BCUT2D eigenvalue weighted by molar-refractivity contribution is 0.598. The molecule has 1 aromatic rings. The molecular formula is C7H11ClN4OS. The standard InChI is InChI=1S/C7H11ClN4OS/c1-12(2)14(3,13)11-6-4-9-7(8)10-5-6/h4-5H,1-3H3. The predicted octanol–water partition coefficient (Wildman–Crippen LogP) is 1.34. The van der Waals surface area contributed by atoms with Crippen LogP contribution in [0.2, 0.25) is 5.28 Å². The van der Waals surface area contributed by atoms with Crippen molar-refractivity contribution < 1.29 is 4.21 Å². The van der Waals surface area contributed by atoms with Gasteiger partial charge < -0.3 is 0 Å². The minimum atomic E-state index is -2.38. The van der Waals surface area contributed by atoms with Gasteiger partial charge in [0.25, 0.3) is 0 Å². The van der Waals surface area contributed by atoms with Crippen molar-refractivity contribution >= 4 is 27.2 Å². The molecule has 0 radical (unpaired) electrons. The molecular weight excluding hydrogens is 224 g/mol. The molecule has 78 valence electrons. The van der Waals surface area contributed by atoms with Crippen LogP contribution in [0.1, 0.15) is 0 Å². The largest absolute Gasteiger partial charge is 0.234 e. The lowest BCUT2D eigenvalue weighted by Crippen LogP contribution is -2.19. The number of halogens is 1. The van der Waals surface area contributed by atoms with E-state index in [4.69, 9.17) is 11.6 Å². The summed E-state index contributed by atoms with van der Waals surface area (Å²) in [5.74, 6) is 0. The van der Waals surface area contributed by atoms with Crippen molar-refractivity contribution in [2.24, 2.45) is 4.36 Å². The topological polar surface area (TPSA) is 58.5 Å². The second-order valence-corrected chi connectivity index (χ2v) is 5.65. The third kappa shape index (κ3) is 2.90. The predicted molar refractivity (Wildman–Crippen MR) is 56.9 cm³/mol. The highest BCUT2D eigenvalue weighted by atomic mass is 35.5. The van der Waals surface area contributed by atoms with Crippen LogP contribution in [0, 0.1) is 0 Å². The smallest absolute Gasteiger partial charge is 0.222 e. The van der Waals surface area contributed by atoms with Gasteiger partial charge >= 0.3 is 0 Å². The average Bonchev–Trinajstić information content (AvgIpc) is 2.08. The summed E-state index contributed by atoms with van der Waals surface area (Å²) in [5, 5.41) is 0.149. The molecule has 0 aliphatic rings. The number of aromatic nitrogens is 2. The highest BCUT2D eigenvalue weighted by Gasteiger charge is 2.04. The van der Waals surface area contributed by atoms with Crippen LogP contribution in [0.3, 0.4) is 0 Å². The zero-order valence-corrected chi connectivity index (χ0v) is 9.71. The molecule has 1 aromatic heterocycles. The molecule has 0 aliphatic heterocycles. The van der Waals surface area contributed by atoms with Crippen LogP contribution in [-0.4, -0.2) is 38.8 Å². The van der Waals surface area contributed by atoms with E-state index in [1.807, 2.05) is 0 Å². The van der Waals surface area contributed by atoms with E-state index in [-0.39, 0.29) is 5.28 Å². The second-order valence-electron chi connectivity index (χ2n) is 2.88. The van der Waals surface area contributed by atoms with Crippen molar-refractivity contribution in [1.29, 1.82) is 0 Å². The Morgan fingerprint density at radius 1 is 1.43 bits per heavy atom. The second kappa shape index (κ2) is 4.20. The quantitative estimate of drug-likeness (QED) is 0.726. The highest BCUT2D eigenvalue weighted by molar-refractivity contribution is 7.90. The third-order valence-corrected chi connectivity index (χ3v) is 3.66. The molecule has 0 N–H and O–H groups in total. The van der Waals surface area contributed by atoms with Crippen LogP contribution in [0.5, 0.6) is 0 Å². The van der Waals surface area contributed by atoms with E-state index in [2.05, 4.69) is 14.3 Å². The average molecular weight is 235 g/mol. The molecule has 0 amide bonds. The molecule has 0 saturated carbocycles. The Bertz CT molecular complexity index is 422. The molecule has 0 aromatic carbocycles. The molecule has 5 nitrogen and oxygen atoms in total. The summed E-state index contributed by atoms with van der Waals surface area (Å²) >= 11 is 5.50. The van der Waals surface area contributed by atoms with Gasteiger partial charge in [0, 0.05) is 20.4 Å². The fourth-order valence-corrected chi connectivity index (χ4v) is 1.38. The molecule has 0 spiro atoms. The third-order valence-electron chi connectivity index (χ3n) is 1.56. The van der Waals surface area contributed by atoms with Gasteiger partial charge in [-0.1, -0.05) is 0 Å². The van der Waals surface area contributed by atoms with E-state index in [1.54, 1.807) is 24.7 Å². The Morgan fingerprint density at radius 2 is 1.93 bits per heavy atom. The van der Waals surface area contributed by atoms with Crippen molar-refractivity contribution in [2.45, 2.75) is 0 Å². The van der Waals surface area contributed by atoms with Crippen LogP contribution in [0.15, 0.2) is 16.8 Å². The highest BCUT2D eigenvalue weighted by Crippen LogP contribution is 2.13. The van der Waals surface area contributed by atoms with Crippen LogP contribution in [-0.2, 0) is 9.92 Å². The van der Waals surface area contributed by atoms with E-state index in [1.165, 1.54) is 12.4 Å². The van der Waals surface area contributed by atoms with Gasteiger partial charge in [0.1, 0.15) is 15.6 Å². The molecule has 0 aliphatic carbocycles. The van der Waals surface area contributed by atoms with Crippen LogP contribution in [0.25, 0.3) is 0 Å². The van der Waals surface area contributed by atoms with Gasteiger partial charge in [-0.25, -0.2) is 18.5 Å². The summed E-state index contributed by atoms with van der Waals surface area (Å²) in [7, 11) is 1.02. The van der Waals surface area contributed by atoms with Crippen molar-refractivity contribution in [1.82, 2.24) is 14.3 Å². The van der Waals surface area contributed by atoms with Crippen molar-refractivity contribution in [2.75, 3.05) is 20.4 Å². The van der Waals surface area contributed by atoms with Crippen molar-refractivity contribution in [3.8, 4) is 0 Å². The van der Waals surface area contributed by atoms with Gasteiger partial charge in [0.15, 0.2) is 0 Å². The van der Waals surface area contributed by atoms with Gasteiger partial charge in [-0.05, 0) is 11.6 Å². The van der Waals surface area contributed by atoms with Crippen LogP contribution >= 0.6 is 11.6 Å². The normalized spacial score (nSPS) is 15.2. The molecule has 7 heteroatoms. The lowest BCUT2D eigenvalue weighted by Gasteiger charge is -2.11. The summed E-state index contributed by atoms with van der Waals surface area (Å²) < 4.78 is 17.4. The maximum absolute atomic E-state index is 11.8. The number of hydrogen-bond donors (Lipinski definition) is 0. The molecule has 1 rings (SSSR count). The van der Waals surface area contributed by atoms with Gasteiger partial charge in [-0.3, -0.25) is 0 Å². The van der Waals surface area contributed by atoms with Crippen molar-refractivity contribution in [3.63, 3.8) is 0 Å². The van der Waals surface area contributed by atoms with E-state index in [0.29, 0.717) is 5.69 Å². The molecule has 1 heterocycles. The summed E-state index contributed by atoms with van der Waals surface area (Å²) in [4.78, 5) is 7.48. The number of rotatable bonds is 2. The first-order chi connectivity index (χ1) is 6.42. The van der Waals surface area contributed by atoms with E-state index < -0.39 is 9.92 Å². The minimum absolute atomic E-state index is 0.149.